The molecule has 2 N–H and O–H groups in total. The molecule has 1 aromatic rings. The van der Waals surface area contributed by atoms with E-state index in [0.29, 0.717) is 6.61 Å². The minimum Gasteiger partial charge on any atom is -0.487 e. The van der Waals surface area contributed by atoms with Crippen LogP contribution in [-0.4, -0.2) is 36.8 Å². The largest absolute Gasteiger partial charge is 0.487 e. The lowest BCUT2D eigenvalue weighted by Crippen LogP contribution is -2.56. The Labute approximate surface area is 143 Å². The van der Waals surface area contributed by atoms with E-state index < -0.39 is 0 Å². The monoisotopic (exact) mass is 330 g/mol. The molecular formula is C19H26N2O3. The summed E-state index contributed by atoms with van der Waals surface area (Å²) in [5.41, 5.74) is 0.988. The highest BCUT2D eigenvalue weighted by Gasteiger charge is 2.44. The number of morpholine rings is 1. The fourth-order valence-electron chi connectivity index (χ4n) is 4.36. The van der Waals surface area contributed by atoms with E-state index in [4.69, 9.17) is 9.47 Å². The smallest absolute Gasteiger partial charge is 0.240 e. The third-order valence-electron chi connectivity index (χ3n) is 5.63. The van der Waals surface area contributed by atoms with Gasteiger partial charge in [-0.1, -0.05) is 18.2 Å². The molecule has 5 nitrogen and oxygen atoms in total. The van der Waals surface area contributed by atoms with Gasteiger partial charge in [0.05, 0.1) is 18.8 Å². The third kappa shape index (κ3) is 2.91. The zero-order valence-electron chi connectivity index (χ0n) is 14.2. The predicted octanol–water partition coefficient (Wildman–Crippen LogP) is 2.32. The van der Waals surface area contributed by atoms with E-state index in [1.807, 2.05) is 25.1 Å². The van der Waals surface area contributed by atoms with E-state index in [0.717, 1.165) is 37.1 Å². The highest BCUT2D eigenvalue weighted by Crippen LogP contribution is 2.47. The summed E-state index contributed by atoms with van der Waals surface area (Å²) in [5.74, 6) is 0.953. The average Bonchev–Trinajstić information content (AvgIpc) is 3.02. The highest BCUT2D eigenvalue weighted by molar-refractivity contribution is 5.83. The van der Waals surface area contributed by atoms with Crippen molar-refractivity contribution < 1.29 is 14.3 Å². The van der Waals surface area contributed by atoms with Gasteiger partial charge in [0.15, 0.2) is 0 Å². The Morgan fingerprint density at radius 1 is 1.29 bits per heavy atom. The normalized spacial score (nSPS) is 31.3. The second-order valence-corrected chi connectivity index (χ2v) is 7.30. The summed E-state index contributed by atoms with van der Waals surface area (Å²) >= 11 is 0. The van der Waals surface area contributed by atoms with Crippen LogP contribution in [0.5, 0.6) is 5.75 Å². The molecule has 1 amide bonds. The van der Waals surface area contributed by atoms with E-state index in [1.165, 1.54) is 12.8 Å². The van der Waals surface area contributed by atoms with E-state index in [2.05, 4.69) is 16.7 Å². The summed E-state index contributed by atoms with van der Waals surface area (Å²) in [6.45, 7) is 3.33. The van der Waals surface area contributed by atoms with Crippen LogP contribution in [0.15, 0.2) is 24.3 Å². The van der Waals surface area contributed by atoms with Crippen molar-refractivity contribution in [2.45, 2.75) is 62.8 Å². The van der Waals surface area contributed by atoms with Crippen LogP contribution in [0.3, 0.4) is 0 Å². The number of rotatable bonds is 2. The first-order valence-electron chi connectivity index (χ1n) is 9.10. The molecule has 0 radical (unpaired) electrons. The van der Waals surface area contributed by atoms with Crippen molar-refractivity contribution in [3.05, 3.63) is 29.8 Å². The molecule has 2 aliphatic heterocycles. The molecule has 1 saturated heterocycles. The molecule has 3 atom stereocenters. The molecule has 2 heterocycles. The molecule has 0 aromatic heterocycles. The molecule has 1 unspecified atom stereocenters. The maximum absolute atomic E-state index is 12.8. The first kappa shape index (κ1) is 15.9. The number of amides is 1. The molecule has 24 heavy (non-hydrogen) atoms. The van der Waals surface area contributed by atoms with Gasteiger partial charge in [-0.25, -0.2) is 0 Å². The molecule has 130 valence electrons. The van der Waals surface area contributed by atoms with Crippen molar-refractivity contribution in [1.29, 1.82) is 0 Å². The lowest BCUT2D eigenvalue weighted by atomic mass is 9.85. The van der Waals surface area contributed by atoms with Crippen molar-refractivity contribution in [2.24, 2.45) is 0 Å². The van der Waals surface area contributed by atoms with Crippen LogP contribution in [0.1, 0.15) is 50.6 Å². The van der Waals surface area contributed by atoms with Gasteiger partial charge in [-0.2, -0.15) is 0 Å². The molecular weight excluding hydrogens is 304 g/mol. The van der Waals surface area contributed by atoms with E-state index >= 15 is 0 Å². The SMILES string of the molecule is C[C@H]1OCCN[C@@H]1C(=O)NC1CC2(CCCC2)Oc2ccccc21. The Morgan fingerprint density at radius 3 is 2.88 bits per heavy atom. The predicted molar refractivity (Wildman–Crippen MR) is 91.0 cm³/mol. The number of benzene rings is 1. The van der Waals surface area contributed by atoms with Crippen LogP contribution in [0, 0.1) is 0 Å². The topological polar surface area (TPSA) is 59.6 Å². The third-order valence-corrected chi connectivity index (χ3v) is 5.63. The van der Waals surface area contributed by atoms with Gasteiger partial charge < -0.3 is 20.1 Å². The van der Waals surface area contributed by atoms with Crippen LogP contribution in [0.25, 0.3) is 0 Å². The summed E-state index contributed by atoms with van der Waals surface area (Å²) in [4.78, 5) is 12.8. The number of carbonyl (C=O) groups excluding carboxylic acids is 1. The Kier molecular flexibility index (Phi) is 4.22. The van der Waals surface area contributed by atoms with E-state index in [1.54, 1.807) is 0 Å². The first-order chi connectivity index (χ1) is 11.7. The minimum absolute atomic E-state index is 0.0106. The fraction of sp³-hybridized carbons (Fsp3) is 0.632. The number of para-hydroxylation sites is 1. The van der Waals surface area contributed by atoms with Gasteiger partial charge in [0, 0.05) is 18.5 Å². The van der Waals surface area contributed by atoms with Crippen LogP contribution < -0.4 is 15.4 Å². The molecule has 1 saturated carbocycles. The maximum atomic E-state index is 12.8. The van der Waals surface area contributed by atoms with Gasteiger partial charge in [-0.3, -0.25) is 4.79 Å². The van der Waals surface area contributed by atoms with Crippen molar-refractivity contribution in [2.75, 3.05) is 13.2 Å². The van der Waals surface area contributed by atoms with Crippen molar-refractivity contribution in [3.8, 4) is 5.75 Å². The molecule has 2 fully saturated rings. The molecule has 1 aromatic carbocycles. The number of ether oxygens (including phenoxy) is 2. The van der Waals surface area contributed by atoms with Crippen LogP contribution >= 0.6 is 0 Å². The second-order valence-electron chi connectivity index (χ2n) is 7.30. The van der Waals surface area contributed by atoms with E-state index in [-0.39, 0.29) is 29.7 Å². The quantitative estimate of drug-likeness (QED) is 0.874. The van der Waals surface area contributed by atoms with Crippen molar-refractivity contribution in [1.82, 2.24) is 10.6 Å². The van der Waals surface area contributed by atoms with Gasteiger partial charge in [0.25, 0.3) is 0 Å². The standard InChI is InChI=1S/C19H26N2O3/c1-13-17(20-10-11-23-13)18(22)21-15-12-19(8-4-5-9-19)24-16-7-3-2-6-14(15)16/h2-3,6-7,13,15,17,20H,4-5,8-12H2,1H3,(H,21,22)/t13-,15?,17+/m1/s1. The van der Waals surface area contributed by atoms with Gasteiger partial charge in [-0.15, -0.1) is 0 Å². The van der Waals surface area contributed by atoms with Crippen LogP contribution in [-0.2, 0) is 9.53 Å². The summed E-state index contributed by atoms with van der Waals surface area (Å²) in [6.07, 6.45) is 5.33. The lowest BCUT2D eigenvalue weighted by molar-refractivity contribution is -0.130. The summed E-state index contributed by atoms with van der Waals surface area (Å²) in [6, 6.07) is 7.84. The van der Waals surface area contributed by atoms with Gasteiger partial charge >= 0.3 is 0 Å². The Hall–Kier alpha value is -1.59. The minimum atomic E-state index is -0.284. The average molecular weight is 330 g/mol. The summed E-state index contributed by atoms with van der Waals surface area (Å²) in [7, 11) is 0. The van der Waals surface area contributed by atoms with Gasteiger partial charge in [0.2, 0.25) is 5.91 Å². The molecule has 1 aliphatic carbocycles. The zero-order valence-corrected chi connectivity index (χ0v) is 14.2. The second kappa shape index (κ2) is 6.37. The van der Waals surface area contributed by atoms with E-state index in [9.17, 15) is 4.79 Å². The number of hydrogen-bond acceptors (Lipinski definition) is 4. The van der Waals surface area contributed by atoms with Crippen LogP contribution in [0.4, 0.5) is 0 Å². The van der Waals surface area contributed by atoms with Crippen molar-refractivity contribution >= 4 is 5.91 Å². The molecule has 5 heteroatoms. The molecule has 0 bridgehead atoms. The molecule has 4 rings (SSSR count). The van der Waals surface area contributed by atoms with Gasteiger partial charge in [0.1, 0.15) is 17.4 Å². The van der Waals surface area contributed by atoms with Crippen LogP contribution in [0.2, 0.25) is 0 Å². The highest BCUT2D eigenvalue weighted by atomic mass is 16.5. The van der Waals surface area contributed by atoms with Crippen molar-refractivity contribution in [3.63, 3.8) is 0 Å². The maximum Gasteiger partial charge on any atom is 0.240 e. The Balaban J connectivity index is 1.55. The molecule has 3 aliphatic rings. The molecule has 1 spiro atoms. The number of carbonyl (C=O) groups is 1. The fourth-order valence-corrected chi connectivity index (χ4v) is 4.36. The first-order valence-corrected chi connectivity index (χ1v) is 9.10. The lowest BCUT2D eigenvalue weighted by Gasteiger charge is -2.41. The number of hydrogen-bond donors (Lipinski definition) is 2. The summed E-state index contributed by atoms with van der Waals surface area (Å²) in [5, 5.41) is 6.54. The Bertz CT molecular complexity index is 612. The Morgan fingerprint density at radius 2 is 2.08 bits per heavy atom. The zero-order chi connectivity index (χ0) is 16.6. The number of nitrogens with one attached hydrogen (secondary N) is 2. The summed E-state index contributed by atoms with van der Waals surface area (Å²) < 4.78 is 12.0. The van der Waals surface area contributed by atoms with Gasteiger partial charge in [-0.05, 0) is 38.7 Å². The number of fused-ring (bicyclic) bond motifs is 1.